The van der Waals surface area contributed by atoms with Gasteiger partial charge in [-0.15, -0.1) is 0 Å². The van der Waals surface area contributed by atoms with Gasteiger partial charge in [0.15, 0.2) is 0 Å². The summed E-state index contributed by atoms with van der Waals surface area (Å²) in [4.78, 5) is 10.7. The Hall–Kier alpha value is -0.570. The molecule has 0 radical (unpaired) electrons. The highest BCUT2D eigenvalue weighted by atomic mass is 16.5. The lowest BCUT2D eigenvalue weighted by Crippen LogP contribution is -2.10. The van der Waals surface area contributed by atoms with Crippen LogP contribution in [0.25, 0.3) is 0 Å². The molecule has 64 valence electrons. The van der Waals surface area contributed by atoms with E-state index in [1.165, 1.54) is 7.11 Å². The van der Waals surface area contributed by atoms with Gasteiger partial charge in [-0.1, -0.05) is 0 Å². The fraction of sp³-hybridized carbons (Fsp3) is 0.875. The van der Waals surface area contributed by atoms with E-state index in [0.29, 0.717) is 6.42 Å². The number of aliphatic hydroxyl groups is 1. The Kier molecular flexibility index (Phi) is 2.49. The van der Waals surface area contributed by atoms with Crippen molar-refractivity contribution in [3.8, 4) is 0 Å². The zero-order valence-corrected chi connectivity index (χ0v) is 6.80. The smallest absolute Gasteiger partial charge is 0.305 e. The van der Waals surface area contributed by atoms with Gasteiger partial charge in [0.25, 0.3) is 0 Å². The van der Waals surface area contributed by atoms with Crippen molar-refractivity contribution in [3.63, 3.8) is 0 Å². The van der Waals surface area contributed by atoms with Crippen LogP contribution in [0.4, 0.5) is 0 Å². The van der Waals surface area contributed by atoms with Gasteiger partial charge in [0.05, 0.1) is 7.11 Å². The van der Waals surface area contributed by atoms with Crippen molar-refractivity contribution in [2.45, 2.75) is 25.7 Å². The van der Waals surface area contributed by atoms with E-state index < -0.39 is 0 Å². The fourth-order valence-corrected chi connectivity index (χ4v) is 1.13. The number of carbonyl (C=O) groups is 1. The van der Waals surface area contributed by atoms with Crippen LogP contribution >= 0.6 is 0 Å². The van der Waals surface area contributed by atoms with Gasteiger partial charge in [0.2, 0.25) is 0 Å². The molecule has 3 nitrogen and oxygen atoms in total. The van der Waals surface area contributed by atoms with Crippen LogP contribution in [0.15, 0.2) is 0 Å². The number of ether oxygens (including phenoxy) is 1. The molecule has 0 saturated heterocycles. The largest absolute Gasteiger partial charge is 0.469 e. The number of rotatable bonds is 4. The first-order valence-corrected chi connectivity index (χ1v) is 3.90. The second-order valence-corrected chi connectivity index (χ2v) is 3.23. The van der Waals surface area contributed by atoms with E-state index in [0.717, 1.165) is 19.3 Å². The van der Waals surface area contributed by atoms with E-state index in [9.17, 15) is 4.79 Å². The van der Waals surface area contributed by atoms with Crippen LogP contribution in [-0.4, -0.2) is 24.8 Å². The van der Waals surface area contributed by atoms with E-state index in [1.807, 2.05) is 0 Å². The summed E-state index contributed by atoms with van der Waals surface area (Å²) in [6.45, 7) is 0.212. The lowest BCUT2D eigenvalue weighted by atomic mass is 10.0. The molecule has 0 aromatic carbocycles. The highest BCUT2D eigenvalue weighted by molar-refractivity contribution is 5.69. The summed E-state index contributed by atoms with van der Waals surface area (Å²) < 4.78 is 4.50. The first-order valence-electron chi connectivity index (χ1n) is 3.90. The molecule has 1 N–H and O–H groups in total. The zero-order chi connectivity index (χ0) is 8.32. The van der Waals surface area contributed by atoms with Gasteiger partial charge in [-0.25, -0.2) is 0 Å². The van der Waals surface area contributed by atoms with Crippen molar-refractivity contribution in [2.24, 2.45) is 5.41 Å². The minimum atomic E-state index is -0.176. The summed E-state index contributed by atoms with van der Waals surface area (Å²) in [6, 6.07) is 0. The molecular weight excluding hydrogens is 144 g/mol. The second-order valence-electron chi connectivity index (χ2n) is 3.23. The van der Waals surface area contributed by atoms with Crippen LogP contribution in [-0.2, 0) is 9.53 Å². The fourth-order valence-electron chi connectivity index (χ4n) is 1.13. The van der Waals surface area contributed by atoms with Crippen molar-refractivity contribution < 1.29 is 14.6 Å². The number of aliphatic hydroxyl groups excluding tert-OH is 1. The first kappa shape index (κ1) is 8.53. The van der Waals surface area contributed by atoms with E-state index in [1.54, 1.807) is 0 Å². The van der Waals surface area contributed by atoms with E-state index >= 15 is 0 Å². The molecule has 0 aliphatic heterocycles. The van der Waals surface area contributed by atoms with Gasteiger partial charge >= 0.3 is 5.97 Å². The van der Waals surface area contributed by atoms with Crippen LogP contribution in [0, 0.1) is 5.41 Å². The molecule has 0 spiro atoms. The molecule has 3 heteroatoms. The zero-order valence-electron chi connectivity index (χ0n) is 6.80. The highest BCUT2D eigenvalue weighted by Crippen LogP contribution is 2.48. The van der Waals surface area contributed by atoms with Crippen LogP contribution in [0.5, 0.6) is 0 Å². The SMILES string of the molecule is COC(=O)CCC1(CO)CC1. The Labute approximate surface area is 66.4 Å². The molecule has 1 aliphatic carbocycles. The summed E-state index contributed by atoms with van der Waals surface area (Å²) in [5.74, 6) is -0.176. The third-order valence-electron chi connectivity index (χ3n) is 2.38. The molecule has 0 atom stereocenters. The Bertz CT molecular complexity index is 149. The molecular formula is C8H14O3. The quantitative estimate of drug-likeness (QED) is 0.613. The van der Waals surface area contributed by atoms with Crippen molar-refractivity contribution in [1.29, 1.82) is 0 Å². The first-order chi connectivity index (χ1) is 5.22. The summed E-state index contributed by atoms with van der Waals surface area (Å²) >= 11 is 0. The number of carbonyl (C=O) groups excluding carboxylic acids is 1. The average Bonchev–Trinajstić information content (AvgIpc) is 2.81. The van der Waals surface area contributed by atoms with Crippen LogP contribution in [0.1, 0.15) is 25.7 Å². The summed E-state index contributed by atoms with van der Waals surface area (Å²) in [5.41, 5.74) is 0.0776. The maximum Gasteiger partial charge on any atom is 0.305 e. The third-order valence-corrected chi connectivity index (χ3v) is 2.38. The van der Waals surface area contributed by atoms with Gasteiger partial charge in [-0.2, -0.15) is 0 Å². The van der Waals surface area contributed by atoms with Crippen molar-refractivity contribution in [1.82, 2.24) is 0 Å². The number of hydrogen-bond donors (Lipinski definition) is 1. The Morgan fingerprint density at radius 3 is 2.64 bits per heavy atom. The van der Waals surface area contributed by atoms with E-state index in [4.69, 9.17) is 5.11 Å². The highest BCUT2D eigenvalue weighted by Gasteiger charge is 2.41. The standard InChI is InChI=1S/C8H14O3/c1-11-7(10)2-3-8(6-9)4-5-8/h9H,2-6H2,1H3. The summed E-state index contributed by atoms with van der Waals surface area (Å²) in [5, 5.41) is 8.89. The van der Waals surface area contributed by atoms with Crippen molar-refractivity contribution in [2.75, 3.05) is 13.7 Å². The van der Waals surface area contributed by atoms with Gasteiger partial charge in [-0.3, -0.25) is 4.79 Å². The maximum absolute atomic E-state index is 10.7. The van der Waals surface area contributed by atoms with E-state index in [2.05, 4.69) is 4.74 Å². The molecule has 0 aromatic rings. The number of hydrogen-bond acceptors (Lipinski definition) is 3. The minimum Gasteiger partial charge on any atom is -0.469 e. The molecule has 0 amide bonds. The topological polar surface area (TPSA) is 46.5 Å². The van der Waals surface area contributed by atoms with Gasteiger partial charge in [0, 0.05) is 13.0 Å². The molecule has 1 aliphatic rings. The molecule has 11 heavy (non-hydrogen) atoms. The Morgan fingerprint density at radius 1 is 1.64 bits per heavy atom. The Morgan fingerprint density at radius 2 is 2.27 bits per heavy atom. The summed E-state index contributed by atoms with van der Waals surface area (Å²) in [6.07, 6.45) is 3.33. The normalized spacial score (nSPS) is 19.5. The van der Waals surface area contributed by atoms with Crippen LogP contribution in [0.3, 0.4) is 0 Å². The predicted molar refractivity (Wildman–Crippen MR) is 40.0 cm³/mol. The average molecular weight is 158 g/mol. The van der Waals surface area contributed by atoms with Gasteiger partial charge in [0.1, 0.15) is 0 Å². The predicted octanol–water partition coefficient (Wildman–Crippen LogP) is 0.712. The number of methoxy groups -OCH3 is 1. The minimum absolute atomic E-state index is 0.0776. The molecule has 0 heterocycles. The van der Waals surface area contributed by atoms with Gasteiger partial charge in [-0.05, 0) is 24.7 Å². The van der Waals surface area contributed by atoms with Gasteiger partial charge < -0.3 is 9.84 Å². The maximum atomic E-state index is 10.7. The summed E-state index contributed by atoms with van der Waals surface area (Å²) in [7, 11) is 1.39. The second kappa shape index (κ2) is 3.22. The molecule has 0 aromatic heterocycles. The van der Waals surface area contributed by atoms with Crippen molar-refractivity contribution in [3.05, 3.63) is 0 Å². The van der Waals surface area contributed by atoms with Crippen LogP contribution in [0.2, 0.25) is 0 Å². The molecule has 1 rings (SSSR count). The van der Waals surface area contributed by atoms with Crippen molar-refractivity contribution >= 4 is 5.97 Å². The van der Waals surface area contributed by atoms with Crippen LogP contribution < -0.4 is 0 Å². The molecule has 1 fully saturated rings. The lowest BCUT2D eigenvalue weighted by molar-refractivity contribution is -0.141. The number of esters is 1. The third kappa shape index (κ3) is 2.19. The van der Waals surface area contributed by atoms with E-state index in [-0.39, 0.29) is 18.0 Å². The molecule has 1 saturated carbocycles. The monoisotopic (exact) mass is 158 g/mol. The molecule has 0 unspecified atom stereocenters. The Balaban J connectivity index is 2.16. The molecule has 0 bridgehead atoms. The lowest BCUT2D eigenvalue weighted by Gasteiger charge is -2.08.